The van der Waals surface area contributed by atoms with Crippen molar-refractivity contribution in [3.8, 4) is 0 Å². The first-order valence-corrected chi connectivity index (χ1v) is 23.8. The van der Waals surface area contributed by atoms with Crippen LogP contribution in [0.3, 0.4) is 0 Å². The molecule has 0 aliphatic rings. The van der Waals surface area contributed by atoms with Gasteiger partial charge in [0.2, 0.25) is 5.91 Å². The maximum absolute atomic E-state index is 13.1. The Bertz CT molecular complexity index is 1300. The molecule has 0 aliphatic carbocycles. The summed E-state index contributed by atoms with van der Waals surface area (Å²) in [6.45, 7) is 6.22. The molecule has 0 aromatic rings. The van der Waals surface area contributed by atoms with E-state index < -0.39 is 18.2 Å². The largest absolute Gasteiger partial charge is 0.461 e. The number of hydrogen-bond donors (Lipinski definition) is 3. The molecule has 0 aliphatic heterocycles. The quantitative estimate of drug-likeness (QED) is 0.0247. The topological polar surface area (TPSA) is 95.9 Å². The first-order chi connectivity index (χ1) is 29.5. The molecule has 338 valence electrons. The van der Waals surface area contributed by atoms with E-state index in [0.29, 0.717) is 19.3 Å². The van der Waals surface area contributed by atoms with Gasteiger partial charge in [-0.1, -0.05) is 219 Å². The number of amides is 1. The Morgan fingerprint density at radius 1 is 0.533 bits per heavy atom. The number of unbranched alkanes of at least 4 members (excludes halogenated alkanes) is 14. The number of carbonyl (C=O) groups excluding carboxylic acids is 2. The second-order valence-corrected chi connectivity index (χ2v) is 15.6. The highest BCUT2D eigenvalue weighted by Gasteiger charge is 2.23. The molecule has 0 rings (SSSR count). The number of esters is 1. The molecule has 6 heteroatoms. The minimum absolute atomic E-state index is 0.0253. The summed E-state index contributed by atoms with van der Waals surface area (Å²) in [4.78, 5) is 26.0. The van der Waals surface area contributed by atoms with E-state index in [2.05, 4.69) is 74.7 Å². The van der Waals surface area contributed by atoms with E-state index in [1.165, 1.54) is 57.8 Å². The number of aliphatic hydroxyl groups is 2. The van der Waals surface area contributed by atoms with Crippen molar-refractivity contribution < 1.29 is 24.5 Å². The summed E-state index contributed by atoms with van der Waals surface area (Å²) in [7, 11) is 0. The van der Waals surface area contributed by atoms with E-state index >= 15 is 0 Å². The molecule has 6 nitrogen and oxygen atoms in total. The Morgan fingerprint density at radius 2 is 1.00 bits per heavy atom. The molecule has 1 amide bonds. The standard InChI is InChI=1S/C54H87NO5/c1-4-7-10-13-16-19-21-23-25-26-28-30-32-35-38-41-44-47-54(59)60-50(45-42-39-36-34-31-29-27-24-22-20-17-14-11-8-5-2)48-53(58)55-51(49-56)52(57)46-43-40-37-33-18-15-12-9-6-3/h7,10,13,16-17,19-21,23-28,30-32,34,39,42,50-52,56-57H,4-6,8-9,11-12,14-15,18,22,29,33,35-38,40-41,43-49H2,1-3H3,(H,55,58)/b10-7-,16-13+,20-17-,21-19+,25-23-,27-24-,28-26+,32-30+,34-31-,42-39-. The van der Waals surface area contributed by atoms with Crippen LogP contribution in [-0.2, 0) is 14.3 Å². The number of hydrogen-bond acceptors (Lipinski definition) is 5. The van der Waals surface area contributed by atoms with Gasteiger partial charge in [0, 0.05) is 12.8 Å². The van der Waals surface area contributed by atoms with E-state index in [9.17, 15) is 19.8 Å². The van der Waals surface area contributed by atoms with Crippen LogP contribution in [0.1, 0.15) is 181 Å². The summed E-state index contributed by atoms with van der Waals surface area (Å²) in [6.07, 6.45) is 64.1. The Morgan fingerprint density at radius 3 is 1.58 bits per heavy atom. The third kappa shape index (κ3) is 41.0. The molecular formula is C54H87NO5. The van der Waals surface area contributed by atoms with Crippen LogP contribution in [0.25, 0.3) is 0 Å². The molecule has 3 atom stereocenters. The van der Waals surface area contributed by atoms with Crippen molar-refractivity contribution in [1.82, 2.24) is 5.32 Å². The lowest BCUT2D eigenvalue weighted by molar-refractivity contribution is -0.150. The van der Waals surface area contributed by atoms with E-state index in [-0.39, 0.29) is 24.9 Å². The molecule has 0 heterocycles. The molecule has 0 radical (unpaired) electrons. The van der Waals surface area contributed by atoms with Crippen LogP contribution < -0.4 is 5.32 Å². The van der Waals surface area contributed by atoms with Crippen molar-refractivity contribution in [2.24, 2.45) is 0 Å². The predicted molar refractivity (Wildman–Crippen MR) is 259 cm³/mol. The van der Waals surface area contributed by atoms with Crippen LogP contribution in [0.15, 0.2) is 122 Å². The first kappa shape index (κ1) is 56.3. The summed E-state index contributed by atoms with van der Waals surface area (Å²) in [5.41, 5.74) is 0. The van der Waals surface area contributed by atoms with Gasteiger partial charge in [0.1, 0.15) is 6.10 Å². The second-order valence-electron chi connectivity index (χ2n) is 15.6. The van der Waals surface area contributed by atoms with Gasteiger partial charge in [0.25, 0.3) is 0 Å². The maximum Gasteiger partial charge on any atom is 0.306 e. The van der Waals surface area contributed by atoms with Crippen molar-refractivity contribution in [1.29, 1.82) is 0 Å². The predicted octanol–water partition coefficient (Wildman–Crippen LogP) is 14.1. The highest BCUT2D eigenvalue weighted by molar-refractivity contribution is 5.77. The minimum Gasteiger partial charge on any atom is -0.461 e. The Labute approximate surface area is 368 Å². The van der Waals surface area contributed by atoms with Gasteiger partial charge in [-0.25, -0.2) is 0 Å². The zero-order valence-electron chi connectivity index (χ0n) is 38.3. The van der Waals surface area contributed by atoms with Crippen molar-refractivity contribution >= 4 is 11.9 Å². The monoisotopic (exact) mass is 830 g/mol. The van der Waals surface area contributed by atoms with Gasteiger partial charge >= 0.3 is 5.97 Å². The first-order valence-electron chi connectivity index (χ1n) is 23.8. The van der Waals surface area contributed by atoms with Crippen LogP contribution in [0.2, 0.25) is 0 Å². The van der Waals surface area contributed by atoms with Gasteiger partial charge in [0.05, 0.1) is 25.2 Å². The number of ether oxygens (including phenoxy) is 1. The SMILES string of the molecule is CC\C=C/C=C/C=C/C=C\C=C\C=C\CCCCCC(=O)OC(C/C=C\C/C=C\C/C=C\C/C=C\CCCCC)CC(=O)NC(CO)C(O)CCCCCCCCCCC. The summed E-state index contributed by atoms with van der Waals surface area (Å²) in [6, 6.07) is -0.747. The van der Waals surface area contributed by atoms with Crippen molar-refractivity contribution in [3.63, 3.8) is 0 Å². The molecule has 0 saturated heterocycles. The van der Waals surface area contributed by atoms with Gasteiger partial charge in [-0.15, -0.1) is 0 Å². The van der Waals surface area contributed by atoms with Gasteiger partial charge in [-0.3, -0.25) is 9.59 Å². The molecule has 0 fully saturated rings. The van der Waals surface area contributed by atoms with E-state index in [1.54, 1.807) is 0 Å². The molecule has 0 saturated carbocycles. The molecular weight excluding hydrogens is 743 g/mol. The van der Waals surface area contributed by atoms with E-state index in [1.807, 2.05) is 72.9 Å². The Kier molecular flexibility index (Phi) is 43.4. The number of rotatable bonds is 40. The van der Waals surface area contributed by atoms with Crippen molar-refractivity contribution in [2.75, 3.05) is 6.61 Å². The maximum atomic E-state index is 13.1. The normalized spacial score (nSPS) is 14.4. The number of carbonyl (C=O) groups is 2. The molecule has 3 unspecified atom stereocenters. The lowest BCUT2D eigenvalue weighted by Gasteiger charge is -2.24. The Hall–Kier alpha value is -3.74. The van der Waals surface area contributed by atoms with Crippen molar-refractivity contribution in [2.45, 2.75) is 200 Å². The fourth-order valence-electron chi connectivity index (χ4n) is 6.32. The molecule has 0 spiro atoms. The molecule has 0 aromatic carbocycles. The Balaban J connectivity index is 4.87. The molecule has 3 N–H and O–H groups in total. The smallest absolute Gasteiger partial charge is 0.306 e. The third-order valence-electron chi connectivity index (χ3n) is 9.94. The number of nitrogens with one attached hydrogen (secondary N) is 1. The van der Waals surface area contributed by atoms with Gasteiger partial charge in [-0.2, -0.15) is 0 Å². The summed E-state index contributed by atoms with van der Waals surface area (Å²) >= 11 is 0. The zero-order chi connectivity index (χ0) is 43.8. The molecule has 0 aromatic heterocycles. The van der Waals surface area contributed by atoms with E-state index in [4.69, 9.17) is 4.74 Å². The molecule has 0 bridgehead atoms. The average Bonchev–Trinajstić information content (AvgIpc) is 3.24. The van der Waals surface area contributed by atoms with Crippen LogP contribution in [-0.4, -0.2) is 46.9 Å². The van der Waals surface area contributed by atoms with Gasteiger partial charge in [0.15, 0.2) is 0 Å². The minimum atomic E-state index is -0.825. The number of aliphatic hydroxyl groups excluding tert-OH is 2. The van der Waals surface area contributed by atoms with Crippen molar-refractivity contribution in [3.05, 3.63) is 122 Å². The lowest BCUT2D eigenvalue weighted by Crippen LogP contribution is -2.46. The van der Waals surface area contributed by atoms with Gasteiger partial charge < -0.3 is 20.3 Å². The summed E-state index contributed by atoms with van der Waals surface area (Å²) in [5.74, 6) is -0.644. The van der Waals surface area contributed by atoms with E-state index in [0.717, 1.165) is 77.0 Å². The number of allylic oxidation sites excluding steroid dienone is 19. The van der Waals surface area contributed by atoms with Crippen LogP contribution in [0.5, 0.6) is 0 Å². The third-order valence-corrected chi connectivity index (χ3v) is 9.94. The highest BCUT2D eigenvalue weighted by Crippen LogP contribution is 2.15. The fraction of sp³-hybridized carbons (Fsp3) is 0.593. The zero-order valence-corrected chi connectivity index (χ0v) is 38.3. The highest BCUT2D eigenvalue weighted by atomic mass is 16.5. The van der Waals surface area contributed by atoms with Gasteiger partial charge in [-0.05, 0) is 64.2 Å². The summed E-state index contributed by atoms with van der Waals surface area (Å²) in [5, 5.41) is 23.6. The molecule has 60 heavy (non-hydrogen) atoms. The van der Waals surface area contributed by atoms with Crippen LogP contribution in [0, 0.1) is 0 Å². The summed E-state index contributed by atoms with van der Waals surface area (Å²) < 4.78 is 5.83. The van der Waals surface area contributed by atoms with Crippen LogP contribution >= 0.6 is 0 Å². The fourth-order valence-corrected chi connectivity index (χ4v) is 6.32. The van der Waals surface area contributed by atoms with Crippen LogP contribution in [0.4, 0.5) is 0 Å². The second kappa shape index (κ2) is 46.3. The lowest BCUT2D eigenvalue weighted by atomic mass is 10.0. The average molecular weight is 830 g/mol.